The van der Waals surface area contributed by atoms with Gasteiger partial charge in [-0.15, -0.1) is 0 Å². The molecule has 3 N–H and O–H groups in total. The molecule has 0 unspecified atom stereocenters. The van der Waals surface area contributed by atoms with E-state index >= 15 is 0 Å². The Kier molecular flexibility index (Phi) is 4.60. The quantitative estimate of drug-likeness (QED) is 0.480. The summed E-state index contributed by atoms with van der Waals surface area (Å²) < 4.78 is 0. The van der Waals surface area contributed by atoms with Crippen molar-refractivity contribution in [2.75, 3.05) is 21.1 Å². The smallest absolute Gasteiger partial charge is 0.122 e. The van der Waals surface area contributed by atoms with E-state index in [0.717, 1.165) is 12.8 Å². The van der Waals surface area contributed by atoms with E-state index < -0.39 is 0 Å². The topological polar surface area (TPSA) is 36.1 Å². The van der Waals surface area contributed by atoms with E-state index in [4.69, 9.17) is 0 Å². The summed E-state index contributed by atoms with van der Waals surface area (Å²) >= 11 is 0. The van der Waals surface area contributed by atoms with Crippen LogP contribution in [0.15, 0.2) is 0 Å². The molecule has 0 heterocycles. The second kappa shape index (κ2) is 4.66. The van der Waals surface area contributed by atoms with Crippen LogP contribution in [0.1, 0.15) is 19.8 Å². The van der Waals surface area contributed by atoms with Gasteiger partial charge >= 0.3 is 0 Å². The molecule has 0 aromatic carbocycles. The molecule has 0 aliphatic rings. The lowest BCUT2D eigenvalue weighted by Crippen LogP contribution is -2.62. The largest absolute Gasteiger partial charge is 0.290 e. The van der Waals surface area contributed by atoms with Crippen LogP contribution in [0.25, 0.3) is 0 Å². The van der Waals surface area contributed by atoms with Crippen molar-refractivity contribution in [2.24, 2.45) is 0 Å². The Morgan fingerprint density at radius 2 is 1.40 bits per heavy atom. The Bertz CT molecular complexity index is 70.7. The van der Waals surface area contributed by atoms with Crippen molar-refractivity contribution in [3.63, 3.8) is 0 Å². The molecule has 0 atom stereocenters. The predicted octanol–water partition coefficient (Wildman–Crippen LogP) is 0.0985. The second-order valence-electron chi connectivity index (χ2n) is 2.41. The molecule has 0 aliphatic heterocycles. The van der Waals surface area contributed by atoms with Gasteiger partial charge in [0.1, 0.15) is 5.79 Å². The normalized spacial score (nSPS) is 12.0. The third-order valence-corrected chi connectivity index (χ3v) is 1.91. The zero-order valence-corrected chi connectivity index (χ0v) is 7.41. The second-order valence-corrected chi connectivity index (χ2v) is 2.41. The highest BCUT2D eigenvalue weighted by Gasteiger charge is 2.20. The molecule has 0 bridgehead atoms. The first kappa shape index (κ1) is 9.88. The molecule has 0 rings (SSSR count). The zero-order chi connectivity index (χ0) is 8.04. The molecule has 0 radical (unpaired) electrons. The van der Waals surface area contributed by atoms with Gasteiger partial charge in [0.15, 0.2) is 0 Å². The Hall–Kier alpha value is -0.120. The molecule has 0 aliphatic carbocycles. The van der Waals surface area contributed by atoms with Gasteiger partial charge in [-0.25, -0.2) is 0 Å². The van der Waals surface area contributed by atoms with Crippen LogP contribution in [-0.4, -0.2) is 26.9 Å². The molecular formula is C7H19N3. The Morgan fingerprint density at radius 3 is 1.50 bits per heavy atom. The van der Waals surface area contributed by atoms with Crippen molar-refractivity contribution in [2.45, 2.75) is 25.6 Å². The number of hydrogen-bond acceptors (Lipinski definition) is 3. The lowest BCUT2D eigenvalue weighted by atomic mass is 10.2. The van der Waals surface area contributed by atoms with Crippen LogP contribution in [-0.2, 0) is 0 Å². The molecule has 0 aromatic heterocycles. The van der Waals surface area contributed by atoms with Crippen LogP contribution in [0, 0.1) is 0 Å². The van der Waals surface area contributed by atoms with Crippen molar-refractivity contribution in [3.05, 3.63) is 0 Å². The van der Waals surface area contributed by atoms with Crippen LogP contribution >= 0.6 is 0 Å². The SMILES string of the molecule is CCCC(NC)(NC)NC. The maximum absolute atomic E-state index is 3.19. The van der Waals surface area contributed by atoms with Crippen molar-refractivity contribution >= 4 is 0 Å². The monoisotopic (exact) mass is 145 g/mol. The standard InChI is InChI=1S/C7H19N3/c1-5-6-7(8-2,9-3)10-4/h8-10H,5-6H2,1-4H3. The van der Waals surface area contributed by atoms with E-state index in [-0.39, 0.29) is 5.79 Å². The molecule has 0 saturated carbocycles. The van der Waals surface area contributed by atoms with Crippen LogP contribution < -0.4 is 16.0 Å². The molecule has 62 valence electrons. The maximum atomic E-state index is 3.19. The summed E-state index contributed by atoms with van der Waals surface area (Å²) in [5.74, 6) is -0.0747. The Labute approximate surface area is 63.6 Å². The van der Waals surface area contributed by atoms with Gasteiger partial charge in [-0.3, -0.25) is 16.0 Å². The lowest BCUT2D eigenvalue weighted by Gasteiger charge is -2.32. The molecule has 3 heteroatoms. The van der Waals surface area contributed by atoms with E-state index in [1.807, 2.05) is 21.1 Å². The molecule has 0 spiro atoms. The third kappa shape index (κ3) is 2.25. The van der Waals surface area contributed by atoms with Gasteiger partial charge in [0.2, 0.25) is 0 Å². The minimum atomic E-state index is -0.0747. The number of nitrogens with one attached hydrogen (secondary N) is 3. The zero-order valence-electron chi connectivity index (χ0n) is 7.41. The third-order valence-electron chi connectivity index (χ3n) is 1.91. The summed E-state index contributed by atoms with van der Waals surface area (Å²) in [5.41, 5.74) is 0. The molecule has 0 amide bonds. The van der Waals surface area contributed by atoms with E-state index in [9.17, 15) is 0 Å². The van der Waals surface area contributed by atoms with Crippen molar-refractivity contribution in [1.82, 2.24) is 16.0 Å². The van der Waals surface area contributed by atoms with Gasteiger partial charge in [-0.05, 0) is 27.6 Å². The summed E-state index contributed by atoms with van der Waals surface area (Å²) in [6.45, 7) is 2.17. The minimum absolute atomic E-state index is 0.0747. The molecular weight excluding hydrogens is 126 g/mol. The van der Waals surface area contributed by atoms with Crippen LogP contribution in [0.2, 0.25) is 0 Å². The first-order valence-corrected chi connectivity index (χ1v) is 3.81. The minimum Gasteiger partial charge on any atom is -0.290 e. The molecule has 10 heavy (non-hydrogen) atoms. The summed E-state index contributed by atoms with van der Waals surface area (Å²) in [6.07, 6.45) is 2.24. The highest BCUT2D eigenvalue weighted by molar-refractivity contribution is 4.76. The van der Waals surface area contributed by atoms with E-state index in [0.29, 0.717) is 0 Å². The summed E-state index contributed by atoms with van der Waals surface area (Å²) in [4.78, 5) is 0. The molecule has 0 aromatic rings. The van der Waals surface area contributed by atoms with Crippen LogP contribution in [0.5, 0.6) is 0 Å². The van der Waals surface area contributed by atoms with Crippen molar-refractivity contribution in [3.8, 4) is 0 Å². The van der Waals surface area contributed by atoms with Gasteiger partial charge < -0.3 is 0 Å². The van der Waals surface area contributed by atoms with Gasteiger partial charge in [-0.2, -0.15) is 0 Å². The van der Waals surface area contributed by atoms with Crippen molar-refractivity contribution in [1.29, 1.82) is 0 Å². The summed E-state index contributed by atoms with van der Waals surface area (Å²) in [5, 5.41) is 9.58. The van der Waals surface area contributed by atoms with Gasteiger partial charge in [-0.1, -0.05) is 13.3 Å². The highest BCUT2D eigenvalue weighted by Crippen LogP contribution is 2.02. The van der Waals surface area contributed by atoms with E-state index in [2.05, 4.69) is 22.9 Å². The summed E-state index contributed by atoms with van der Waals surface area (Å²) in [6, 6.07) is 0. The predicted molar refractivity (Wildman–Crippen MR) is 44.8 cm³/mol. The van der Waals surface area contributed by atoms with Gasteiger partial charge in [0.25, 0.3) is 0 Å². The number of hydrogen-bond donors (Lipinski definition) is 3. The fourth-order valence-electron chi connectivity index (χ4n) is 1.12. The highest BCUT2D eigenvalue weighted by atomic mass is 15.3. The Morgan fingerprint density at radius 1 is 1.00 bits per heavy atom. The van der Waals surface area contributed by atoms with E-state index in [1.54, 1.807) is 0 Å². The van der Waals surface area contributed by atoms with E-state index in [1.165, 1.54) is 0 Å². The maximum Gasteiger partial charge on any atom is 0.122 e. The fourth-order valence-corrected chi connectivity index (χ4v) is 1.12. The van der Waals surface area contributed by atoms with Gasteiger partial charge in [0, 0.05) is 0 Å². The Balaban J connectivity index is 3.87. The summed E-state index contributed by atoms with van der Waals surface area (Å²) in [7, 11) is 5.84. The van der Waals surface area contributed by atoms with Gasteiger partial charge in [0.05, 0.1) is 0 Å². The average molecular weight is 145 g/mol. The average Bonchev–Trinajstić information content (AvgIpc) is 2.01. The first-order valence-electron chi connectivity index (χ1n) is 3.81. The molecule has 3 nitrogen and oxygen atoms in total. The van der Waals surface area contributed by atoms with Crippen LogP contribution in [0.3, 0.4) is 0 Å². The lowest BCUT2D eigenvalue weighted by molar-refractivity contribution is 0.225. The molecule has 0 fully saturated rings. The first-order chi connectivity index (χ1) is 4.74. The van der Waals surface area contributed by atoms with Crippen molar-refractivity contribution < 1.29 is 0 Å². The molecule has 0 saturated heterocycles. The number of rotatable bonds is 5. The fraction of sp³-hybridized carbons (Fsp3) is 1.00. The van der Waals surface area contributed by atoms with Crippen LogP contribution in [0.4, 0.5) is 0 Å².